The third-order valence-corrected chi connectivity index (χ3v) is 4.58. The summed E-state index contributed by atoms with van der Waals surface area (Å²) in [5, 5.41) is 12.8. The van der Waals surface area contributed by atoms with Crippen molar-refractivity contribution in [2.75, 3.05) is 13.1 Å². The largest absolute Gasteiger partial charge is 0.384 e. The Balaban J connectivity index is 1.44. The SMILES string of the molecule is C[C@@H](CC1=CNC2C=CC=CC12)NC(=O)N[C@@H]1CCCNC1. The van der Waals surface area contributed by atoms with E-state index in [2.05, 4.69) is 58.7 Å². The molecule has 2 amide bonds. The monoisotopic (exact) mass is 302 g/mol. The molecule has 2 heterocycles. The van der Waals surface area contributed by atoms with E-state index >= 15 is 0 Å². The minimum Gasteiger partial charge on any atom is -0.384 e. The van der Waals surface area contributed by atoms with Crippen LogP contribution in [0.15, 0.2) is 36.1 Å². The van der Waals surface area contributed by atoms with Gasteiger partial charge in [0, 0.05) is 24.5 Å². The predicted octanol–water partition coefficient (Wildman–Crippen LogP) is 1.41. The molecule has 1 aliphatic carbocycles. The van der Waals surface area contributed by atoms with Crippen LogP contribution in [0.4, 0.5) is 4.79 Å². The standard InChI is InChI=1S/C17H26N4O/c1-12(20-17(22)21-14-5-4-8-18-11-14)9-13-10-19-16-7-3-2-6-15(13)16/h2-3,6-7,10,12,14-16,18-19H,4-5,8-9,11H2,1H3,(H2,20,21,22)/t12-,14+,15?,16?/m0/s1. The van der Waals surface area contributed by atoms with E-state index in [9.17, 15) is 4.79 Å². The number of piperidine rings is 1. The molecule has 2 aliphatic heterocycles. The fraction of sp³-hybridized carbons (Fsp3) is 0.588. The van der Waals surface area contributed by atoms with E-state index in [4.69, 9.17) is 0 Å². The van der Waals surface area contributed by atoms with E-state index in [1.165, 1.54) is 5.57 Å². The van der Waals surface area contributed by atoms with Crippen molar-refractivity contribution in [3.8, 4) is 0 Å². The third-order valence-electron chi connectivity index (χ3n) is 4.58. The van der Waals surface area contributed by atoms with Gasteiger partial charge in [0.1, 0.15) is 0 Å². The summed E-state index contributed by atoms with van der Waals surface area (Å²) < 4.78 is 0. The molecule has 4 atom stereocenters. The summed E-state index contributed by atoms with van der Waals surface area (Å²) in [6.45, 7) is 3.99. The molecule has 0 aromatic rings. The number of hydrogen-bond donors (Lipinski definition) is 4. The summed E-state index contributed by atoms with van der Waals surface area (Å²) in [7, 11) is 0. The highest BCUT2D eigenvalue weighted by molar-refractivity contribution is 5.74. The molecule has 5 heteroatoms. The molecule has 0 bridgehead atoms. The van der Waals surface area contributed by atoms with Crippen LogP contribution < -0.4 is 21.3 Å². The molecule has 120 valence electrons. The Bertz CT molecular complexity index is 491. The first-order chi connectivity index (χ1) is 10.7. The van der Waals surface area contributed by atoms with Crippen molar-refractivity contribution in [2.24, 2.45) is 5.92 Å². The van der Waals surface area contributed by atoms with E-state index in [-0.39, 0.29) is 18.1 Å². The molecular weight excluding hydrogens is 276 g/mol. The van der Waals surface area contributed by atoms with Gasteiger partial charge in [0.15, 0.2) is 0 Å². The first-order valence-corrected chi connectivity index (χ1v) is 8.30. The van der Waals surface area contributed by atoms with Crippen LogP contribution in [0.1, 0.15) is 26.2 Å². The van der Waals surface area contributed by atoms with Gasteiger partial charge < -0.3 is 21.3 Å². The van der Waals surface area contributed by atoms with Gasteiger partial charge in [-0.25, -0.2) is 4.79 Å². The molecule has 3 rings (SSSR count). The van der Waals surface area contributed by atoms with Gasteiger partial charge in [0.05, 0.1) is 6.04 Å². The molecule has 4 N–H and O–H groups in total. The number of nitrogens with one attached hydrogen (secondary N) is 4. The van der Waals surface area contributed by atoms with E-state index in [1.807, 2.05) is 0 Å². The molecule has 0 saturated carbocycles. The van der Waals surface area contributed by atoms with Crippen LogP contribution in [0.5, 0.6) is 0 Å². The zero-order valence-corrected chi connectivity index (χ0v) is 13.1. The number of hydrogen-bond acceptors (Lipinski definition) is 3. The van der Waals surface area contributed by atoms with E-state index in [1.54, 1.807) is 0 Å². The number of fused-ring (bicyclic) bond motifs is 1. The van der Waals surface area contributed by atoms with Crippen molar-refractivity contribution in [3.05, 3.63) is 36.1 Å². The molecule has 0 aromatic heterocycles. The van der Waals surface area contributed by atoms with Gasteiger partial charge in [0.25, 0.3) is 0 Å². The van der Waals surface area contributed by atoms with Gasteiger partial charge in [-0.05, 0) is 44.5 Å². The van der Waals surface area contributed by atoms with Crippen molar-refractivity contribution in [1.29, 1.82) is 0 Å². The fourth-order valence-corrected chi connectivity index (χ4v) is 3.45. The molecule has 0 spiro atoms. The second-order valence-corrected chi connectivity index (χ2v) is 6.47. The van der Waals surface area contributed by atoms with Crippen LogP contribution in [-0.2, 0) is 0 Å². The van der Waals surface area contributed by atoms with Crippen LogP contribution in [0.2, 0.25) is 0 Å². The highest BCUT2D eigenvalue weighted by Crippen LogP contribution is 2.29. The smallest absolute Gasteiger partial charge is 0.315 e. The van der Waals surface area contributed by atoms with Gasteiger partial charge in [-0.15, -0.1) is 0 Å². The second-order valence-electron chi connectivity index (χ2n) is 6.47. The lowest BCUT2D eigenvalue weighted by Crippen LogP contribution is -2.50. The fourth-order valence-electron chi connectivity index (χ4n) is 3.45. The minimum atomic E-state index is -0.0524. The van der Waals surface area contributed by atoms with Crippen LogP contribution in [-0.4, -0.2) is 37.2 Å². The second kappa shape index (κ2) is 7.01. The maximum Gasteiger partial charge on any atom is 0.315 e. The Labute approximate surface area is 132 Å². The lowest BCUT2D eigenvalue weighted by Gasteiger charge is -2.25. The van der Waals surface area contributed by atoms with Gasteiger partial charge in [-0.1, -0.05) is 24.3 Å². The third kappa shape index (κ3) is 3.71. The minimum absolute atomic E-state index is 0.0524. The Morgan fingerprint density at radius 3 is 3.09 bits per heavy atom. The number of carbonyl (C=O) groups excluding carboxylic acids is 1. The van der Waals surface area contributed by atoms with Crippen LogP contribution in [0, 0.1) is 5.92 Å². The Kier molecular flexibility index (Phi) is 4.83. The Morgan fingerprint density at radius 1 is 1.41 bits per heavy atom. The normalized spacial score (nSPS) is 31.0. The lowest BCUT2D eigenvalue weighted by molar-refractivity contribution is 0.230. The molecule has 3 aliphatic rings. The van der Waals surface area contributed by atoms with E-state index in [0.717, 1.165) is 32.4 Å². The van der Waals surface area contributed by atoms with Crippen LogP contribution in [0.25, 0.3) is 0 Å². The summed E-state index contributed by atoms with van der Waals surface area (Å²) in [5.41, 5.74) is 1.36. The summed E-state index contributed by atoms with van der Waals surface area (Å²) in [4.78, 5) is 12.1. The molecule has 22 heavy (non-hydrogen) atoms. The van der Waals surface area contributed by atoms with Gasteiger partial charge in [0.2, 0.25) is 0 Å². The van der Waals surface area contributed by atoms with Crippen molar-refractivity contribution in [3.63, 3.8) is 0 Å². The van der Waals surface area contributed by atoms with Crippen molar-refractivity contribution >= 4 is 6.03 Å². The van der Waals surface area contributed by atoms with Gasteiger partial charge in [-0.2, -0.15) is 0 Å². The first kappa shape index (κ1) is 15.2. The molecule has 1 fully saturated rings. The zero-order chi connectivity index (χ0) is 15.4. The Hall–Kier alpha value is -1.75. The Morgan fingerprint density at radius 2 is 2.27 bits per heavy atom. The summed E-state index contributed by atoms with van der Waals surface area (Å²) in [6.07, 6.45) is 13.8. The number of rotatable bonds is 4. The topological polar surface area (TPSA) is 65.2 Å². The number of urea groups is 1. The number of amides is 2. The summed E-state index contributed by atoms with van der Waals surface area (Å²) in [5.74, 6) is 0.430. The first-order valence-electron chi connectivity index (χ1n) is 8.30. The summed E-state index contributed by atoms with van der Waals surface area (Å²) >= 11 is 0. The molecule has 5 nitrogen and oxygen atoms in total. The number of allylic oxidation sites excluding steroid dienone is 2. The average molecular weight is 302 g/mol. The maximum atomic E-state index is 12.1. The quantitative estimate of drug-likeness (QED) is 0.635. The number of carbonyl (C=O) groups is 1. The molecule has 0 aromatic carbocycles. The highest BCUT2D eigenvalue weighted by atomic mass is 16.2. The average Bonchev–Trinajstić information content (AvgIpc) is 2.91. The zero-order valence-electron chi connectivity index (χ0n) is 13.1. The van der Waals surface area contributed by atoms with Crippen molar-refractivity contribution in [2.45, 2.75) is 44.3 Å². The van der Waals surface area contributed by atoms with Crippen LogP contribution in [0.3, 0.4) is 0 Å². The van der Waals surface area contributed by atoms with Crippen molar-refractivity contribution in [1.82, 2.24) is 21.3 Å². The highest BCUT2D eigenvalue weighted by Gasteiger charge is 2.27. The predicted molar refractivity (Wildman–Crippen MR) is 88.4 cm³/mol. The molecule has 1 saturated heterocycles. The summed E-state index contributed by atoms with van der Waals surface area (Å²) in [6, 6.07) is 0.712. The van der Waals surface area contributed by atoms with Gasteiger partial charge in [-0.3, -0.25) is 0 Å². The van der Waals surface area contributed by atoms with Gasteiger partial charge >= 0.3 is 6.03 Å². The van der Waals surface area contributed by atoms with E-state index < -0.39 is 0 Å². The molecule has 0 radical (unpaired) electrons. The lowest BCUT2D eigenvalue weighted by atomic mass is 9.88. The van der Waals surface area contributed by atoms with E-state index in [0.29, 0.717) is 12.0 Å². The maximum absolute atomic E-state index is 12.1. The van der Waals surface area contributed by atoms with Crippen molar-refractivity contribution < 1.29 is 4.79 Å². The molecule has 2 unspecified atom stereocenters. The molecular formula is C17H26N4O. The van der Waals surface area contributed by atoms with Crippen LogP contribution >= 0.6 is 0 Å².